The van der Waals surface area contributed by atoms with Crippen LogP contribution < -0.4 is 10.6 Å². The van der Waals surface area contributed by atoms with Crippen molar-refractivity contribution in [2.24, 2.45) is 5.92 Å². The summed E-state index contributed by atoms with van der Waals surface area (Å²) in [6.07, 6.45) is 0.127. The summed E-state index contributed by atoms with van der Waals surface area (Å²) in [4.78, 5) is 32.9. The van der Waals surface area contributed by atoms with Crippen molar-refractivity contribution in [3.63, 3.8) is 0 Å². The molecule has 7 nitrogen and oxygen atoms in total. The van der Waals surface area contributed by atoms with Gasteiger partial charge in [-0.05, 0) is 12.1 Å². The second-order valence-electron chi connectivity index (χ2n) is 4.12. The average molecular weight is 284 g/mol. The van der Waals surface area contributed by atoms with Crippen LogP contribution in [-0.2, 0) is 9.59 Å². The minimum absolute atomic E-state index is 0.000657. The summed E-state index contributed by atoms with van der Waals surface area (Å²) in [6.45, 7) is 0.278. The molecule has 2 N–H and O–H groups in total. The topological polar surface area (TPSA) is 101 Å². The van der Waals surface area contributed by atoms with E-state index in [1.807, 2.05) is 0 Å². The van der Waals surface area contributed by atoms with E-state index in [9.17, 15) is 19.7 Å². The molecule has 1 aliphatic rings. The Morgan fingerprint density at radius 1 is 1.53 bits per heavy atom. The molecule has 0 aromatic heterocycles. The molecule has 100 valence electrons. The van der Waals surface area contributed by atoms with E-state index in [0.717, 1.165) is 0 Å². The van der Waals surface area contributed by atoms with Crippen LogP contribution in [0.2, 0.25) is 5.02 Å². The second-order valence-corrected chi connectivity index (χ2v) is 4.52. The molecule has 0 aliphatic carbocycles. The van der Waals surface area contributed by atoms with Crippen molar-refractivity contribution in [1.82, 2.24) is 5.32 Å². The second kappa shape index (κ2) is 5.23. The quantitative estimate of drug-likeness (QED) is 0.645. The monoisotopic (exact) mass is 283 g/mol. The van der Waals surface area contributed by atoms with Crippen molar-refractivity contribution in [1.29, 1.82) is 0 Å². The number of amides is 2. The largest absolute Gasteiger partial charge is 0.355 e. The lowest BCUT2D eigenvalue weighted by Gasteiger charge is -2.09. The summed E-state index contributed by atoms with van der Waals surface area (Å²) in [7, 11) is 0. The number of halogens is 1. The number of benzene rings is 1. The zero-order valence-corrected chi connectivity index (χ0v) is 10.4. The fraction of sp³-hybridized carbons (Fsp3) is 0.273. The zero-order chi connectivity index (χ0) is 14.0. The fourth-order valence-corrected chi connectivity index (χ4v) is 1.95. The number of nitrogens with zero attached hydrogens (tertiary/aromatic N) is 1. The molecule has 1 unspecified atom stereocenters. The van der Waals surface area contributed by atoms with Crippen molar-refractivity contribution in [3.05, 3.63) is 33.3 Å². The van der Waals surface area contributed by atoms with Crippen molar-refractivity contribution in [2.75, 3.05) is 11.9 Å². The number of nitro groups is 1. The number of hydrogen-bond donors (Lipinski definition) is 2. The van der Waals surface area contributed by atoms with Crippen LogP contribution in [0.4, 0.5) is 11.4 Å². The Kier molecular flexibility index (Phi) is 3.66. The molecule has 1 heterocycles. The maximum Gasteiger partial charge on any atom is 0.289 e. The van der Waals surface area contributed by atoms with Gasteiger partial charge in [0.1, 0.15) is 5.02 Å². The van der Waals surface area contributed by atoms with Gasteiger partial charge < -0.3 is 10.6 Å². The number of carbonyl (C=O) groups is 2. The first kappa shape index (κ1) is 13.3. The van der Waals surface area contributed by atoms with E-state index in [-0.39, 0.29) is 41.2 Å². The third-order valence-corrected chi connectivity index (χ3v) is 3.08. The lowest BCUT2D eigenvalue weighted by Crippen LogP contribution is -2.24. The molecule has 0 radical (unpaired) electrons. The van der Waals surface area contributed by atoms with Crippen LogP contribution in [-0.4, -0.2) is 23.3 Å². The Labute approximate surface area is 113 Å². The van der Waals surface area contributed by atoms with Gasteiger partial charge in [0, 0.05) is 24.7 Å². The van der Waals surface area contributed by atoms with Crippen LogP contribution in [0.15, 0.2) is 18.2 Å². The van der Waals surface area contributed by atoms with E-state index in [2.05, 4.69) is 10.6 Å². The minimum Gasteiger partial charge on any atom is -0.355 e. The zero-order valence-electron chi connectivity index (χ0n) is 9.68. The average Bonchev–Trinajstić information content (AvgIpc) is 2.78. The van der Waals surface area contributed by atoms with Crippen LogP contribution in [0.3, 0.4) is 0 Å². The summed E-state index contributed by atoms with van der Waals surface area (Å²) in [5.41, 5.74) is 0.000499. The highest BCUT2D eigenvalue weighted by Gasteiger charge is 2.28. The van der Waals surface area contributed by atoms with E-state index in [1.54, 1.807) is 0 Å². The standard InChI is InChI=1S/C11H10ClN3O4/c12-8-2-1-7(4-9(8)15(18)19)14-11(17)6-3-10(16)13-5-6/h1-2,4,6H,3,5H2,(H,13,16)(H,14,17). The molecule has 2 amide bonds. The first-order valence-electron chi connectivity index (χ1n) is 5.49. The summed E-state index contributed by atoms with van der Waals surface area (Å²) in [5.74, 6) is -0.987. The van der Waals surface area contributed by atoms with Crippen LogP contribution in [0.25, 0.3) is 0 Å². The Bertz CT molecular complexity index is 561. The van der Waals surface area contributed by atoms with Gasteiger partial charge in [-0.15, -0.1) is 0 Å². The summed E-state index contributed by atoms with van der Waals surface area (Å²) < 4.78 is 0. The highest BCUT2D eigenvalue weighted by Crippen LogP contribution is 2.27. The van der Waals surface area contributed by atoms with E-state index in [1.165, 1.54) is 18.2 Å². The number of rotatable bonds is 3. The van der Waals surface area contributed by atoms with Crippen molar-refractivity contribution in [2.45, 2.75) is 6.42 Å². The molecule has 1 saturated heterocycles. The molecule has 0 spiro atoms. The van der Waals surface area contributed by atoms with Gasteiger partial charge in [0.2, 0.25) is 11.8 Å². The summed E-state index contributed by atoms with van der Waals surface area (Å²) in [6, 6.07) is 4.00. The molecule has 19 heavy (non-hydrogen) atoms. The molecular weight excluding hydrogens is 274 g/mol. The van der Waals surface area contributed by atoms with Gasteiger partial charge in [-0.3, -0.25) is 19.7 Å². The van der Waals surface area contributed by atoms with Crippen LogP contribution in [0, 0.1) is 16.0 Å². The SMILES string of the molecule is O=C1CC(C(=O)Nc2ccc(Cl)c([N+](=O)[O-])c2)CN1. The molecule has 1 fully saturated rings. The van der Waals surface area contributed by atoms with Gasteiger partial charge in [-0.25, -0.2) is 0 Å². The normalized spacial score (nSPS) is 17.9. The Balaban J connectivity index is 2.11. The van der Waals surface area contributed by atoms with Crippen LogP contribution >= 0.6 is 11.6 Å². The molecule has 2 rings (SSSR count). The molecule has 8 heteroatoms. The molecule has 1 aromatic rings. The van der Waals surface area contributed by atoms with Gasteiger partial charge in [-0.2, -0.15) is 0 Å². The van der Waals surface area contributed by atoms with Crippen LogP contribution in [0.5, 0.6) is 0 Å². The number of carbonyl (C=O) groups excluding carboxylic acids is 2. The predicted molar refractivity (Wildman–Crippen MR) is 67.9 cm³/mol. The first-order chi connectivity index (χ1) is 8.97. The lowest BCUT2D eigenvalue weighted by molar-refractivity contribution is -0.384. The Morgan fingerprint density at radius 3 is 2.84 bits per heavy atom. The maximum absolute atomic E-state index is 11.8. The van der Waals surface area contributed by atoms with E-state index < -0.39 is 10.8 Å². The lowest BCUT2D eigenvalue weighted by atomic mass is 10.1. The summed E-state index contributed by atoms with van der Waals surface area (Å²) in [5, 5.41) is 15.8. The molecule has 1 atom stereocenters. The fourth-order valence-electron chi connectivity index (χ4n) is 1.77. The molecule has 0 bridgehead atoms. The maximum atomic E-state index is 11.8. The van der Waals surface area contributed by atoms with Gasteiger partial charge in [0.05, 0.1) is 10.8 Å². The molecular formula is C11H10ClN3O4. The number of nitrogens with one attached hydrogen (secondary N) is 2. The van der Waals surface area contributed by atoms with Crippen molar-refractivity contribution in [3.8, 4) is 0 Å². The van der Waals surface area contributed by atoms with E-state index in [4.69, 9.17) is 11.6 Å². The van der Waals surface area contributed by atoms with Crippen molar-refractivity contribution >= 4 is 34.8 Å². The van der Waals surface area contributed by atoms with Gasteiger partial charge >= 0.3 is 0 Å². The molecule has 1 aliphatic heterocycles. The van der Waals surface area contributed by atoms with E-state index >= 15 is 0 Å². The van der Waals surface area contributed by atoms with Gasteiger partial charge in [0.25, 0.3) is 5.69 Å². The minimum atomic E-state index is -0.626. The van der Waals surface area contributed by atoms with Gasteiger partial charge in [-0.1, -0.05) is 11.6 Å². The Morgan fingerprint density at radius 2 is 2.26 bits per heavy atom. The summed E-state index contributed by atoms with van der Waals surface area (Å²) >= 11 is 5.66. The van der Waals surface area contributed by atoms with Gasteiger partial charge in [0.15, 0.2) is 0 Å². The molecule has 1 aromatic carbocycles. The van der Waals surface area contributed by atoms with E-state index in [0.29, 0.717) is 0 Å². The first-order valence-corrected chi connectivity index (χ1v) is 5.86. The number of anilines is 1. The highest BCUT2D eigenvalue weighted by atomic mass is 35.5. The Hall–Kier alpha value is -2.15. The predicted octanol–water partition coefficient (Wildman–Crippen LogP) is 1.32. The molecule has 0 saturated carbocycles. The third-order valence-electron chi connectivity index (χ3n) is 2.76. The number of nitro benzene ring substituents is 1. The van der Waals surface area contributed by atoms with Crippen molar-refractivity contribution < 1.29 is 14.5 Å². The third kappa shape index (κ3) is 3.00. The smallest absolute Gasteiger partial charge is 0.289 e. The number of hydrogen-bond acceptors (Lipinski definition) is 4. The highest BCUT2D eigenvalue weighted by molar-refractivity contribution is 6.32. The van der Waals surface area contributed by atoms with Crippen LogP contribution in [0.1, 0.15) is 6.42 Å².